The van der Waals surface area contributed by atoms with Crippen LogP contribution in [0.1, 0.15) is 86.9 Å². The van der Waals surface area contributed by atoms with Gasteiger partial charge in [-0.15, -0.1) is 0 Å². The Morgan fingerprint density at radius 3 is 1.56 bits per heavy atom. The average Bonchev–Trinajstić information content (AvgIpc) is 3.61. The number of hydrogen-bond acceptors (Lipinski definition) is 14. The Morgan fingerprint density at radius 2 is 1.00 bits per heavy atom. The second-order valence-corrected chi connectivity index (χ2v) is 12.5. The minimum atomic E-state index is -1.34. The lowest BCUT2D eigenvalue weighted by molar-refractivity contribution is -0.212. The Morgan fingerprint density at radius 1 is 0.538 bits per heavy atom. The zero-order valence-corrected chi connectivity index (χ0v) is 30.0. The lowest BCUT2D eigenvalue weighted by Gasteiger charge is -2.26. The summed E-state index contributed by atoms with van der Waals surface area (Å²) >= 11 is 0. The molecule has 284 valence electrons. The summed E-state index contributed by atoms with van der Waals surface area (Å²) in [6.07, 6.45) is -3.44. The van der Waals surface area contributed by atoms with Crippen molar-refractivity contribution < 1.29 is 66.6 Å². The van der Waals surface area contributed by atoms with Crippen molar-refractivity contribution >= 4 is 29.8 Å². The van der Waals surface area contributed by atoms with E-state index in [1.165, 1.54) is 13.8 Å². The topological polar surface area (TPSA) is 168 Å². The van der Waals surface area contributed by atoms with Gasteiger partial charge in [0.05, 0.1) is 17.7 Å². The molecule has 0 unspecified atom stereocenters. The van der Waals surface area contributed by atoms with E-state index in [2.05, 4.69) is 6.92 Å². The zero-order chi connectivity index (χ0) is 37.5. The average molecular weight is 729 g/mol. The van der Waals surface area contributed by atoms with Gasteiger partial charge in [-0.1, -0.05) is 75.4 Å². The van der Waals surface area contributed by atoms with E-state index in [9.17, 15) is 24.0 Å². The molecule has 2 aliphatic rings. The largest absolute Gasteiger partial charge is 0.463 e. The van der Waals surface area contributed by atoms with E-state index in [1.54, 1.807) is 60.7 Å². The van der Waals surface area contributed by atoms with Crippen LogP contribution < -0.4 is 0 Å². The molecule has 2 aliphatic heterocycles. The molecule has 2 fully saturated rings. The van der Waals surface area contributed by atoms with E-state index < -0.39 is 79.1 Å². The number of carbonyl (C=O) groups excluding carboxylic acids is 5. The van der Waals surface area contributed by atoms with Crippen molar-refractivity contribution in [3.63, 3.8) is 0 Å². The quantitative estimate of drug-likeness (QED) is 0.111. The fraction of sp³-hybridized carbons (Fsp3) is 0.553. The normalized spacial score (nSPS) is 25.2. The van der Waals surface area contributed by atoms with Crippen molar-refractivity contribution in [3.05, 3.63) is 71.8 Å². The van der Waals surface area contributed by atoms with E-state index in [1.807, 2.05) is 0 Å². The molecule has 0 amide bonds. The Bertz CT molecular complexity index is 1450. The second-order valence-electron chi connectivity index (χ2n) is 12.5. The summed E-state index contributed by atoms with van der Waals surface area (Å²) in [4.78, 5) is 62.5. The van der Waals surface area contributed by atoms with E-state index in [-0.39, 0.29) is 30.9 Å². The number of esters is 5. The first-order valence-electron chi connectivity index (χ1n) is 17.6. The first-order chi connectivity index (χ1) is 25.1. The maximum Gasteiger partial charge on any atom is 0.338 e. The van der Waals surface area contributed by atoms with Gasteiger partial charge >= 0.3 is 29.8 Å². The molecule has 8 atom stereocenters. The molecule has 0 aromatic heterocycles. The zero-order valence-electron chi connectivity index (χ0n) is 30.0. The Balaban J connectivity index is 1.59. The fourth-order valence-corrected chi connectivity index (χ4v) is 5.84. The van der Waals surface area contributed by atoms with Crippen molar-refractivity contribution in [3.8, 4) is 0 Å². The van der Waals surface area contributed by atoms with Gasteiger partial charge in [0, 0.05) is 27.4 Å². The van der Waals surface area contributed by atoms with Crippen molar-refractivity contribution in [2.24, 2.45) is 0 Å². The summed E-state index contributed by atoms with van der Waals surface area (Å²) in [5, 5.41) is 0. The number of unbranched alkanes of at least 4 members (excludes halogenated alkanes) is 5. The SMILES string of the molecule is CCCCCCCCO[C@H]1O[C@H](CO[C@H]2O[C@H](COC(C)=O)[C@H](OC(C)=O)[C@@H]2OC(C)=O)[C@@H](OC(=O)c2ccccc2)[C@@H]1OC(=O)c1ccccc1. The van der Waals surface area contributed by atoms with Gasteiger partial charge in [0.15, 0.2) is 37.0 Å². The van der Waals surface area contributed by atoms with Crippen molar-refractivity contribution in [2.75, 3.05) is 19.8 Å². The highest BCUT2D eigenvalue weighted by atomic mass is 16.8. The van der Waals surface area contributed by atoms with Crippen molar-refractivity contribution in [2.45, 2.75) is 115 Å². The van der Waals surface area contributed by atoms with Crippen molar-refractivity contribution in [1.82, 2.24) is 0 Å². The summed E-state index contributed by atoms with van der Waals surface area (Å²) in [5.41, 5.74) is 0.516. The third-order valence-corrected chi connectivity index (χ3v) is 8.30. The lowest BCUT2D eigenvalue weighted by atomic mass is 10.1. The summed E-state index contributed by atoms with van der Waals surface area (Å²) in [6, 6.07) is 16.6. The van der Waals surface area contributed by atoms with E-state index >= 15 is 0 Å². The molecule has 4 rings (SSSR count). The molecule has 0 N–H and O–H groups in total. The van der Waals surface area contributed by atoms with Crippen LogP contribution in [0.2, 0.25) is 0 Å². The molecule has 0 aliphatic carbocycles. The first kappa shape index (κ1) is 40.4. The minimum Gasteiger partial charge on any atom is -0.463 e. The number of rotatable bonds is 19. The number of benzene rings is 2. The van der Waals surface area contributed by atoms with Crippen LogP contribution in [-0.4, -0.2) is 98.9 Å². The standard InChI is InChI=1S/C38H48O14/c1-5-6-7-8-9-16-21-44-37-34(52-36(43)28-19-14-11-15-20-28)32(51-35(42)27-17-12-10-13-18-27)30(49-37)23-46-38-33(48-26(4)41)31(47-25(3)40)29(50-38)22-45-24(2)39/h10-15,17-20,29-34,37-38H,5-9,16,21-23H2,1-4H3/t29-,30-,31+,32-,33+,34+,37+,38+/m1/s1. The molecule has 52 heavy (non-hydrogen) atoms. The summed E-state index contributed by atoms with van der Waals surface area (Å²) < 4.78 is 52.3. The van der Waals surface area contributed by atoms with Gasteiger partial charge in [-0.2, -0.15) is 0 Å². The maximum absolute atomic E-state index is 13.4. The molecule has 0 bridgehead atoms. The third kappa shape index (κ3) is 12.1. The molecule has 2 aromatic rings. The van der Waals surface area contributed by atoms with Gasteiger partial charge in [0.1, 0.15) is 18.8 Å². The Hall–Kier alpha value is -4.37. The fourth-order valence-electron chi connectivity index (χ4n) is 5.84. The van der Waals surface area contributed by atoms with Gasteiger partial charge < -0.3 is 42.6 Å². The minimum absolute atomic E-state index is 0.248. The number of hydrogen-bond donors (Lipinski definition) is 0. The first-order valence-corrected chi connectivity index (χ1v) is 17.6. The second kappa shape index (κ2) is 20.6. The van der Waals surface area contributed by atoms with Crippen molar-refractivity contribution in [1.29, 1.82) is 0 Å². The summed E-state index contributed by atoms with van der Waals surface area (Å²) in [6.45, 7) is 5.29. The van der Waals surface area contributed by atoms with Gasteiger partial charge in [-0.05, 0) is 30.7 Å². The number of carbonyl (C=O) groups is 5. The predicted molar refractivity (Wildman–Crippen MR) is 182 cm³/mol. The van der Waals surface area contributed by atoms with Crippen LogP contribution in [-0.2, 0) is 57.0 Å². The highest BCUT2D eigenvalue weighted by Crippen LogP contribution is 2.33. The molecule has 0 saturated carbocycles. The molecule has 0 spiro atoms. The van der Waals surface area contributed by atoms with E-state index in [0.29, 0.717) is 0 Å². The summed E-state index contributed by atoms with van der Waals surface area (Å²) in [5.74, 6) is -3.40. The third-order valence-electron chi connectivity index (χ3n) is 8.30. The van der Waals surface area contributed by atoms with Crippen LogP contribution in [0.25, 0.3) is 0 Å². The highest BCUT2D eigenvalue weighted by Gasteiger charge is 2.54. The van der Waals surface area contributed by atoms with Crippen LogP contribution in [0.15, 0.2) is 60.7 Å². The van der Waals surface area contributed by atoms with Crippen LogP contribution in [0.4, 0.5) is 0 Å². The number of ether oxygens (including phenoxy) is 9. The molecular formula is C38H48O14. The van der Waals surface area contributed by atoms with Crippen LogP contribution >= 0.6 is 0 Å². The molecule has 0 radical (unpaired) electrons. The maximum atomic E-state index is 13.4. The monoisotopic (exact) mass is 728 g/mol. The van der Waals surface area contributed by atoms with Gasteiger partial charge in [0.2, 0.25) is 0 Å². The Labute approximate surface area is 303 Å². The van der Waals surface area contributed by atoms with Crippen LogP contribution in [0, 0.1) is 0 Å². The summed E-state index contributed by atoms with van der Waals surface area (Å²) in [7, 11) is 0. The van der Waals surface area contributed by atoms with E-state index in [4.69, 9.17) is 42.6 Å². The molecule has 2 aromatic carbocycles. The lowest BCUT2D eigenvalue weighted by Crippen LogP contribution is -2.44. The highest BCUT2D eigenvalue weighted by molar-refractivity contribution is 5.90. The van der Waals surface area contributed by atoms with E-state index in [0.717, 1.165) is 45.4 Å². The molecule has 14 nitrogen and oxygen atoms in total. The molecule has 2 saturated heterocycles. The molecule has 2 heterocycles. The van der Waals surface area contributed by atoms with Crippen LogP contribution in [0.5, 0.6) is 0 Å². The van der Waals surface area contributed by atoms with Gasteiger partial charge in [-0.25, -0.2) is 9.59 Å². The Kier molecular flexibility index (Phi) is 16.0. The molecular weight excluding hydrogens is 680 g/mol. The van der Waals surface area contributed by atoms with Crippen LogP contribution in [0.3, 0.4) is 0 Å². The van der Waals surface area contributed by atoms with Gasteiger partial charge in [0.25, 0.3) is 0 Å². The molecule has 14 heteroatoms. The predicted octanol–water partition coefficient (Wildman–Crippen LogP) is 4.71. The smallest absolute Gasteiger partial charge is 0.338 e. The van der Waals surface area contributed by atoms with Gasteiger partial charge in [-0.3, -0.25) is 14.4 Å².